The molecule has 0 aromatic heterocycles. The number of rotatable bonds is 0. The highest BCUT2D eigenvalue weighted by atomic mass is 15.2. The van der Waals surface area contributed by atoms with Gasteiger partial charge in [0.05, 0.1) is 5.84 Å². The van der Waals surface area contributed by atoms with Gasteiger partial charge in [0, 0.05) is 0 Å². The predicted octanol–water partition coefficient (Wildman–Crippen LogP) is -1.58. The van der Waals surface area contributed by atoms with Crippen LogP contribution in [0.4, 0.5) is 0 Å². The molecule has 0 aliphatic rings. The summed E-state index contributed by atoms with van der Waals surface area (Å²) in [5.74, 6) is 5.65. The van der Waals surface area contributed by atoms with Crippen molar-refractivity contribution in [2.45, 2.75) is 6.92 Å². The van der Waals surface area contributed by atoms with E-state index in [2.05, 4.69) is 10.3 Å². The van der Waals surface area contributed by atoms with Gasteiger partial charge in [-0.05, 0) is 6.92 Å². The van der Waals surface area contributed by atoms with Crippen molar-refractivity contribution in [1.29, 1.82) is 0 Å². The highest BCUT2D eigenvalue weighted by molar-refractivity contribution is 6.11. The quantitative estimate of drug-likeness (QED) is 0.122. The van der Waals surface area contributed by atoms with E-state index < -0.39 is 0 Å². The molecule has 0 amide bonds. The lowest BCUT2D eigenvalue weighted by Crippen LogP contribution is -2.27. The number of amidine groups is 1. The third-order valence-corrected chi connectivity index (χ3v) is 0.544. The fraction of sp³-hybridized carbons (Fsp3) is 0.500. The number of hydrogen-bond donors (Lipinski definition) is 2. The summed E-state index contributed by atoms with van der Waals surface area (Å²) in [7, 11) is 1.68. The maximum absolute atomic E-state index is 4.90. The normalized spacial score (nSPS) is 11.3. The Morgan fingerprint density at radius 2 is 2.50 bits per heavy atom. The van der Waals surface area contributed by atoms with Crippen LogP contribution in [0.25, 0.3) is 0 Å². The SMILES string of the molecule is B/N=C(/C)NN. The van der Waals surface area contributed by atoms with E-state index in [1.165, 1.54) is 0 Å². The molecular formula is C2H8BN3. The van der Waals surface area contributed by atoms with Gasteiger partial charge < -0.3 is 10.3 Å². The van der Waals surface area contributed by atoms with E-state index in [0.717, 1.165) is 5.84 Å². The summed E-state index contributed by atoms with van der Waals surface area (Å²) in [6, 6.07) is 0. The Hall–Kier alpha value is -0.505. The van der Waals surface area contributed by atoms with Gasteiger partial charge in [-0.2, -0.15) is 0 Å². The maximum atomic E-state index is 4.90. The molecule has 0 aliphatic heterocycles. The van der Waals surface area contributed by atoms with Gasteiger partial charge in [0.1, 0.15) is 0 Å². The molecule has 0 spiro atoms. The minimum absolute atomic E-state index is 0.745. The summed E-state index contributed by atoms with van der Waals surface area (Å²) in [6.07, 6.45) is 0. The second-order valence-corrected chi connectivity index (χ2v) is 0.953. The molecule has 6 heavy (non-hydrogen) atoms. The second kappa shape index (κ2) is 2.72. The van der Waals surface area contributed by atoms with Gasteiger partial charge in [-0.15, -0.1) is 0 Å². The van der Waals surface area contributed by atoms with E-state index in [1.54, 1.807) is 14.9 Å². The summed E-state index contributed by atoms with van der Waals surface area (Å²) >= 11 is 0. The van der Waals surface area contributed by atoms with E-state index in [0.29, 0.717) is 0 Å². The smallest absolute Gasteiger partial charge is 0.246 e. The predicted molar refractivity (Wildman–Crippen MR) is 29.0 cm³/mol. The van der Waals surface area contributed by atoms with Gasteiger partial charge in [-0.1, -0.05) is 0 Å². The minimum atomic E-state index is 0.745. The standard InChI is InChI=1S/C2H8BN3/c1-2(5-3)6-4/h3-4H2,1H3,(H,5,6). The third-order valence-electron chi connectivity index (χ3n) is 0.544. The average molecular weight is 84.9 g/mol. The van der Waals surface area contributed by atoms with Crippen LogP contribution in [0.1, 0.15) is 6.92 Å². The van der Waals surface area contributed by atoms with Crippen LogP contribution in [-0.2, 0) is 0 Å². The molecule has 3 N–H and O–H groups in total. The van der Waals surface area contributed by atoms with Crippen molar-refractivity contribution in [1.82, 2.24) is 5.43 Å². The molecule has 0 atom stereocenters. The number of hydrazine groups is 1. The molecular weight excluding hydrogens is 76.9 g/mol. The van der Waals surface area contributed by atoms with E-state index in [1.807, 2.05) is 0 Å². The Bertz CT molecular complexity index is 59.8. The van der Waals surface area contributed by atoms with Crippen LogP contribution in [0, 0.1) is 0 Å². The molecule has 0 aromatic rings. The van der Waals surface area contributed by atoms with Crippen molar-refractivity contribution in [2.24, 2.45) is 10.7 Å². The van der Waals surface area contributed by atoms with Gasteiger partial charge in [0.25, 0.3) is 0 Å². The topological polar surface area (TPSA) is 50.4 Å². The fourth-order valence-corrected chi connectivity index (χ4v) is 0.0645. The van der Waals surface area contributed by atoms with E-state index in [4.69, 9.17) is 5.84 Å². The summed E-state index contributed by atoms with van der Waals surface area (Å²) in [5.41, 5.74) is 2.36. The molecule has 3 nitrogen and oxygen atoms in total. The third kappa shape index (κ3) is 1.78. The monoisotopic (exact) mass is 85.1 g/mol. The van der Waals surface area contributed by atoms with Crippen molar-refractivity contribution in [3.8, 4) is 0 Å². The van der Waals surface area contributed by atoms with E-state index in [-0.39, 0.29) is 0 Å². The van der Waals surface area contributed by atoms with Crippen molar-refractivity contribution in [3.05, 3.63) is 0 Å². The first-order valence-corrected chi connectivity index (χ1v) is 1.71. The Kier molecular flexibility index (Phi) is 2.49. The van der Waals surface area contributed by atoms with Crippen LogP contribution in [0.5, 0.6) is 0 Å². The first kappa shape index (κ1) is 5.49. The Balaban J connectivity index is 3.22. The molecule has 0 saturated carbocycles. The molecule has 0 saturated heterocycles. The molecule has 0 heterocycles. The highest BCUT2D eigenvalue weighted by Gasteiger charge is 1.71. The van der Waals surface area contributed by atoms with Crippen LogP contribution in [0.3, 0.4) is 0 Å². The van der Waals surface area contributed by atoms with Crippen molar-refractivity contribution in [2.75, 3.05) is 0 Å². The zero-order valence-corrected chi connectivity index (χ0v) is 4.02. The van der Waals surface area contributed by atoms with Crippen LogP contribution in [0.15, 0.2) is 4.90 Å². The molecule has 0 radical (unpaired) electrons. The van der Waals surface area contributed by atoms with E-state index >= 15 is 0 Å². The first-order valence-electron chi connectivity index (χ1n) is 1.71. The number of nitrogens with two attached hydrogens (primary N) is 1. The molecule has 0 aliphatic carbocycles. The highest BCUT2D eigenvalue weighted by Crippen LogP contribution is 1.55. The fourth-order valence-electron chi connectivity index (χ4n) is 0.0645. The lowest BCUT2D eigenvalue weighted by atomic mass is 10.4. The zero-order valence-electron chi connectivity index (χ0n) is 4.02. The summed E-state index contributed by atoms with van der Waals surface area (Å²) in [6.45, 7) is 1.79. The van der Waals surface area contributed by atoms with Gasteiger partial charge in [-0.25, -0.2) is 5.84 Å². The molecule has 34 valence electrons. The van der Waals surface area contributed by atoms with Gasteiger partial charge in [0.15, 0.2) is 0 Å². The lowest BCUT2D eigenvalue weighted by molar-refractivity contribution is 1.02. The van der Waals surface area contributed by atoms with Gasteiger partial charge in [0.2, 0.25) is 7.98 Å². The van der Waals surface area contributed by atoms with Crippen molar-refractivity contribution in [3.63, 3.8) is 0 Å². The lowest BCUT2D eigenvalue weighted by Gasteiger charge is -1.90. The summed E-state index contributed by atoms with van der Waals surface area (Å²) < 4.78 is 0. The summed E-state index contributed by atoms with van der Waals surface area (Å²) in [5, 5.41) is 0. The maximum Gasteiger partial charge on any atom is 0.246 e. The molecule has 0 aromatic carbocycles. The van der Waals surface area contributed by atoms with Crippen LogP contribution < -0.4 is 11.3 Å². The molecule has 0 unspecified atom stereocenters. The Labute approximate surface area is 38.0 Å². The average Bonchev–Trinajstić information content (AvgIpc) is 1.65. The van der Waals surface area contributed by atoms with Crippen LogP contribution in [-0.4, -0.2) is 13.8 Å². The molecule has 0 fully saturated rings. The number of hydrogen-bond acceptors (Lipinski definition) is 2. The molecule has 4 heteroatoms. The van der Waals surface area contributed by atoms with Crippen molar-refractivity contribution < 1.29 is 0 Å². The van der Waals surface area contributed by atoms with Gasteiger partial charge in [-0.3, -0.25) is 0 Å². The van der Waals surface area contributed by atoms with Crippen molar-refractivity contribution >= 4 is 13.8 Å². The van der Waals surface area contributed by atoms with Gasteiger partial charge >= 0.3 is 0 Å². The number of nitrogens with zero attached hydrogens (tertiary/aromatic N) is 1. The van der Waals surface area contributed by atoms with Crippen LogP contribution >= 0.6 is 0 Å². The summed E-state index contributed by atoms with van der Waals surface area (Å²) in [4.78, 5) is 3.69. The Morgan fingerprint density at radius 1 is 2.00 bits per heavy atom. The van der Waals surface area contributed by atoms with E-state index in [9.17, 15) is 0 Å². The minimum Gasteiger partial charge on any atom is -0.341 e. The Morgan fingerprint density at radius 3 is 2.50 bits per heavy atom. The molecule has 0 bridgehead atoms. The van der Waals surface area contributed by atoms with Crippen LogP contribution in [0.2, 0.25) is 0 Å². The number of nitrogens with one attached hydrogen (secondary N) is 1. The largest absolute Gasteiger partial charge is 0.341 e. The first-order chi connectivity index (χ1) is 2.81. The zero-order chi connectivity index (χ0) is 4.99. The molecule has 0 rings (SSSR count). The second-order valence-electron chi connectivity index (χ2n) is 0.953.